The second-order valence-electron chi connectivity index (χ2n) is 9.35. The van der Waals surface area contributed by atoms with E-state index in [4.69, 9.17) is 21.1 Å². The lowest BCUT2D eigenvalue weighted by atomic mass is 9.82. The summed E-state index contributed by atoms with van der Waals surface area (Å²) >= 11 is 6.55. The summed E-state index contributed by atoms with van der Waals surface area (Å²) in [6.07, 6.45) is 1.06. The van der Waals surface area contributed by atoms with E-state index in [9.17, 15) is 0 Å². The van der Waals surface area contributed by atoms with Crippen LogP contribution in [0.1, 0.15) is 57.7 Å². The highest BCUT2D eigenvalue weighted by molar-refractivity contribution is 6.31. The summed E-state index contributed by atoms with van der Waals surface area (Å²) in [4.78, 5) is 0. The van der Waals surface area contributed by atoms with Crippen LogP contribution < -0.4 is 14.8 Å². The lowest BCUT2D eigenvalue weighted by molar-refractivity contribution is 0.240. The molecule has 0 saturated heterocycles. The number of methoxy groups -OCH3 is 1. The predicted molar refractivity (Wildman–Crippen MR) is 119 cm³/mol. The fourth-order valence-electron chi connectivity index (χ4n) is 3.67. The SMILES string of the molecule is COc1cc(CNC(C)(C)CC(C)(C)C)c(Cl)cc1OCc1cccc(C)c1. The quantitative estimate of drug-likeness (QED) is 0.542. The number of benzene rings is 2. The summed E-state index contributed by atoms with van der Waals surface area (Å²) in [6, 6.07) is 12.1. The Balaban J connectivity index is 2.10. The zero-order valence-electron chi connectivity index (χ0n) is 18.3. The maximum Gasteiger partial charge on any atom is 0.163 e. The third kappa shape index (κ3) is 7.03. The molecule has 0 fully saturated rings. The fraction of sp³-hybridized carbons (Fsp3) is 0.500. The van der Waals surface area contributed by atoms with Gasteiger partial charge in [0.1, 0.15) is 6.61 Å². The van der Waals surface area contributed by atoms with E-state index in [1.54, 1.807) is 7.11 Å². The van der Waals surface area contributed by atoms with Crippen molar-refractivity contribution < 1.29 is 9.47 Å². The van der Waals surface area contributed by atoms with Crippen molar-refractivity contribution in [3.8, 4) is 11.5 Å². The van der Waals surface area contributed by atoms with Crippen LogP contribution in [-0.2, 0) is 13.2 Å². The number of halogens is 1. The van der Waals surface area contributed by atoms with Crippen molar-refractivity contribution in [3.63, 3.8) is 0 Å². The molecule has 0 aliphatic carbocycles. The van der Waals surface area contributed by atoms with Gasteiger partial charge in [-0.2, -0.15) is 0 Å². The Bertz CT molecular complexity index is 794. The van der Waals surface area contributed by atoms with E-state index >= 15 is 0 Å². The van der Waals surface area contributed by atoms with Gasteiger partial charge in [0.2, 0.25) is 0 Å². The third-order valence-corrected chi connectivity index (χ3v) is 4.89. The maximum atomic E-state index is 6.55. The number of aryl methyl sites for hydroxylation is 1. The van der Waals surface area contributed by atoms with Crippen molar-refractivity contribution in [2.45, 2.75) is 66.7 Å². The zero-order chi connectivity index (χ0) is 20.9. The Hall–Kier alpha value is -1.71. The van der Waals surface area contributed by atoms with Crippen molar-refractivity contribution in [3.05, 3.63) is 58.1 Å². The van der Waals surface area contributed by atoms with E-state index < -0.39 is 0 Å². The molecule has 0 spiro atoms. The van der Waals surface area contributed by atoms with Crippen LogP contribution in [0.25, 0.3) is 0 Å². The van der Waals surface area contributed by atoms with Crippen LogP contribution in [0, 0.1) is 12.3 Å². The minimum absolute atomic E-state index is 0.00908. The molecule has 3 nitrogen and oxygen atoms in total. The first kappa shape index (κ1) is 22.6. The Morgan fingerprint density at radius 1 is 1.00 bits per heavy atom. The fourth-order valence-corrected chi connectivity index (χ4v) is 3.89. The lowest BCUT2D eigenvalue weighted by Gasteiger charge is -2.33. The monoisotopic (exact) mass is 403 g/mol. The molecule has 1 N–H and O–H groups in total. The van der Waals surface area contributed by atoms with Gasteiger partial charge < -0.3 is 14.8 Å². The van der Waals surface area contributed by atoms with Gasteiger partial charge in [-0.3, -0.25) is 0 Å². The first-order chi connectivity index (χ1) is 13.0. The summed E-state index contributed by atoms with van der Waals surface area (Å²) in [7, 11) is 1.66. The second kappa shape index (κ2) is 9.19. The Morgan fingerprint density at radius 2 is 1.71 bits per heavy atom. The number of hydrogen-bond acceptors (Lipinski definition) is 3. The van der Waals surface area contributed by atoms with Crippen molar-refractivity contribution in [2.24, 2.45) is 5.41 Å². The van der Waals surface area contributed by atoms with Crippen LogP contribution in [-0.4, -0.2) is 12.6 Å². The number of rotatable bonds is 8. The topological polar surface area (TPSA) is 30.5 Å². The van der Waals surface area contributed by atoms with Crippen LogP contribution in [0.5, 0.6) is 11.5 Å². The molecule has 154 valence electrons. The Kier molecular flexibility index (Phi) is 7.41. The van der Waals surface area contributed by atoms with Gasteiger partial charge in [-0.1, -0.05) is 62.2 Å². The van der Waals surface area contributed by atoms with Crippen LogP contribution in [0.4, 0.5) is 0 Å². The van der Waals surface area contributed by atoms with Gasteiger partial charge >= 0.3 is 0 Å². The smallest absolute Gasteiger partial charge is 0.163 e. The van der Waals surface area contributed by atoms with Crippen molar-refractivity contribution in [1.29, 1.82) is 0 Å². The molecule has 0 atom stereocenters. The zero-order valence-corrected chi connectivity index (χ0v) is 19.0. The largest absolute Gasteiger partial charge is 0.493 e. The van der Waals surface area contributed by atoms with Gasteiger partial charge in [-0.15, -0.1) is 0 Å². The standard InChI is InChI=1S/C24H34ClNO2/c1-17-9-8-10-18(11-17)15-28-22-13-20(25)19(12-21(22)27-7)14-26-24(5,6)16-23(2,3)4/h8-13,26H,14-16H2,1-7H3. The second-order valence-corrected chi connectivity index (χ2v) is 9.75. The normalized spacial score (nSPS) is 12.1. The predicted octanol–water partition coefficient (Wildman–Crippen LogP) is 6.54. The molecule has 2 aromatic carbocycles. The van der Waals surface area contributed by atoms with Crippen LogP contribution in [0.2, 0.25) is 5.02 Å². The molecule has 0 aromatic heterocycles. The van der Waals surface area contributed by atoms with Crippen molar-refractivity contribution in [2.75, 3.05) is 7.11 Å². The molecule has 0 aliphatic rings. The van der Waals surface area contributed by atoms with Gasteiger partial charge in [-0.25, -0.2) is 0 Å². The highest BCUT2D eigenvalue weighted by Crippen LogP contribution is 2.34. The van der Waals surface area contributed by atoms with E-state index in [1.165, 1.54) is 5.56 Å². The van der Waals surface area contributed by atoms with Gasteiger partial charge in [0.15, 0.2) is 11.5 Å². The molecule has 0 saturated carbocycles. The van der Waals surface area contributed by atoms with Gasteiger partial charge in [0.25, 0.3) is 0 Å². The van der Waals surface area contributed by atoms with E-state index in [0.29, 0.717) is 29.7 Å². The number of nitrogens with one attached hydrogen (secondary N) is 1. The minimum atomic E-state index is 0.00908. The molecule has 0 bridgehead atoms. The molecule has 2 rings (SSSR count). The molecular formula is C24H34ClNO2. The summed E-state index contributed by atoms with van der Waals surface area (Å²) in [5, 5.41) is 4.31. The van der Waals surface area contributed by atoms with Crippen LogP contribution in [0.3, 0.4) is 0 Å². The van der Waals surface area contributed by atoms with Crippen molar-refractivity contribution >= 4 is 11.6 Å². The van der Waals surface area contributed by atoms with Gasteiger partial charge in [0.05, 0.1) is 7.11 Å². The number of ether oxygens (including phenoxy) is 2. The molecule has 28 heavy (non-hydrogen) atoms. The highest BCUT2D eigenvalue weighted by atomic mass is 35.5. The highest BCUT2D eigenvalue weighted by Gasteiger charge is 2.25. The molecule has 0 unspecified atom stereocenters. The maximum absolute atomic E-state index is 6.55. The average Bonchev–Trinajstić information content (AvgIpc) is 2.57. The molecule has 0 amide bonds. The average molecular weight is 404 g/mol. The number of hydrogen-bond donors (Lipinski definition) is 1. The van der Waals surface area contributed by atoms with E-state index in [0.717, 1.165) is 17.5 Å². The summed E-state index contributed by atoms with van der Waals surface area (Å²) in [5.41, 5.74) is 3.60. The molecular weight excluding hydrogens is 370 g/mol. The Labute approximate surface area is 175 Å². The van der Waals surface area contributed by atoms with Gasteiger partial charge in [-0.05, 0) is 49.8 Å². The first-order valence-corrected chi connectivity index (χ1v) is 10.2. The van der Waals surface area contributed by atoms with Crippen LogP contribution in [0.15, 0.2) is 36.4 Å². The van der Waals surface area contributed by atoms with Crippen LogP contribution >= 0.6 is 11.6 Å². The van der Waals surface area contributed by atoms with Crippen molar-refractivity contribution in [1.82, 2.24) is 5.32 Å². The molecule has 2 aromatic rings. The summed E-state index contributed by atoms with van der Waals surface area (Å²) in [5.74, 6) is 1.36. The molecule has 0 radical (unpaired) electrons. The Morgan fingerprint density at radius 3 is 2.32 bits per heavy atom. The van der Waals surface area contributed by atoms with Gasteiger partial charge in [0, 0.05) is 23.2 Å². The summed E-state index contributed by atoms with van der Waals surface area (Å²) in [6.45, 7) is 14.4. The van der Waals surface area contributed by atoms with E-state index in [-0.39, 0.29) is 11.0 Å². The van der Waals surface area contributed by atoms with E-state index in [1.807, 2.05) is 18.2 Å². The summed E-state index contributed by atoms with van der Waals surface area (Å²) < 4.78 is 11.5. The first-order valence-electron chi connectivity index (χ1n) is 9.79. The molecule has 0 aliphatic heterocycles. The molecule has 0 heterocycles. The lowest BCUT2D eigenvalue weighted by Crippen LogP contribution is -2.41. The van der Waals surface area contributed by atoms with E-state index in [2.05, 4.69) is 65.1 Å². The minimum Gasteiger partial charge on any atom is -0.493 e. The third-order valence-electron chi connectivity index (χ3n) is 4.54. The molecule has 4 heteroatoms.